The van der Waals surface area contributed by atoms with Crippen LogP contribution in [0.1, 0.15) is 20.8 Å². The molecule has 1 unspecified atom stereocenters. The van der Waals surface area contributed by atoms with Crippen molar-refractivity contribution in [3.05, 3.63) is 24.1 Å². The van der Waals surface area contributed by atoms with Gasteiger partial charge in [0.2, 0.25) is 0 Å². The number of nitrogens with zero attached hydrogens (tertiary/aromatic N) is 1. The minimum Gasteiger partial charge on any atom is -0.380 e. The van der Waals surface area contributed by atoms with Gasteiger partial charge in [0, 0.05) is 6.61 Å². The zero-order valence-electron chi connectivity index (χ0n) is 10.0. The maximum atomic E-state index is 12.7. The summed E-state index contributed by atoms with van der Waals surface area (Å²) in [4.78, 5) is 3.97. The first-order valence-electron chi connectivity index (χ1n) is 5.59. The van der Waals surface area contributed by atoms with Crippen LogP contribution in [-0.4, -0.2) is 24.2 Å². The van der Waals surface area contributed by atoms with Gasteiger partial charge in [-0.25, -0.2) is 9.37 Å². The molecular weight excluding hydrogens is 207 g/mol. The third kappa shape index (κ3) is 4.14. The lowest BCUT2D eigenvalue weighted by Crippen LogP contribution is -2.31. The van der Waals surface area contributed by atoms with E-state index in [9.17, 15) is 4.39 Å². The Balaban J connectivity index is 2.57. The van der Waals surface area contributed by atoms with Gasteiger partial charge in [-0.1, -0.05) is 13.8 Å². The molecule has 0 aliphatic rings. The molecule has 0 aliphatic carbocycles. The zero-order chi connectivity index (χ0) is 12.0. The predicted octanol–water partition coefficient (Wildman–Crippen LogP) is 2.69. The molecule has 1 heterocycles. The second kappa shape index (κ2) is 6.43. The fourth-order valence-electron chi connectivity index (χ4n) is 1.30. The summed E-state index contributed by atoms with van der Waals surface area (Å²) in [5.74, 6) is 0.787. The molecule has 90 valence electrons. The lowest BCUT2D eigenvalue weighted by Gasteiger charge is -2.22. The Labute approximate surface area is 96.0 Å². The summed E-state index contributed by atoms with van der Waals surface area (Å²) in [7, 11) is 0. The van der Waals surface area contributed by atoms with E-state index in [1.54, 1.807) is 6.07 Å². The van der Waals surface area contributed by atoms with Crippen molar-refractivity contribution in [3.8, 4) is 0 Å². The molecule has 4 heteroatoms. The van der Waals surface area contributed by atoms with Gasteiger partial charge in [0.05, 0.1) is 18.8 Å². The summed E-state index contributed by atoms with van der Waals surface area (Å²) in [5, 5.41) is 3.24. The first kappa shape index (κ1) is 12.9. The number of hydrogen-bond donors (Lipinski definition) is 1. The Bertz CT molecular complexity index is 300. The smallest absolute Gasteiger partial charge is 0.141 e. The molecule has 0 fully saturated rings. The molecule has 0 spiro atoms. The van der Waals surface area contributed by atoms with Crippen LogP contribution in [0.4, 0.5) is 10.2 Å². The highest BCUT2D eigenvalue weighted by Crippen LogP contribution is 2.11. The lowest BCUT2D eigenvalue weighted by molar-refractivity contribution is 0.126. The second-order valence-electron chi connectivity index (χ2n) is 4.02. The third-order valence-electron chi connectivity index (χ3n) is 2.37. The van der Waals surface area contributed by atoms with E-state index in [1.165, 1.54) is 12.3 Å². The molecule has 16 heavy (non-hydrogen) atoms. The highest BCUT2D eigenvalue weighted by Gasteiger charge is 2.13. The summed E-state index contributed by atoms with van der Waals surface area (Å²) >= 11 is 0. The molecule has 1 aromatic heterocycles. The number of aromatic nitrogens is 1. The topological polar surface area (TPSA) is 34.1 Å². The Morgan fingerprint density at radius 1 is 1.44 bits per heavy atom. The van der Waals surface area contributed by atoms with Gasteiger partial charge in [0.15, 0.2) is 0 Å². The normalized spacial score (nSPS) is 12.8. The van der Waals surface area contributed by atoms with Crippen LogP contribution in [0.3, 0.4) is 0 Å². The van der Waals surface area contributed by atoms with Gasteiger partial charge in [-0.2, -0.15) is 0 Å². The van der Waals surface area contributed by atoms with E-state index < -0.39 is 0 Å². The van der Waals surface area contributed by atoms with Crippen molar-refractivity contribution in [2.45, 2.75) is 26.8 Å². The van der Waals surface area contributed by atoms with Gasteiger partial charge in [0.25, 0.3) is 0 Å². The fourth-order valence-corrected chi connectivity index (χ4v) is 1.30. The number of anilines is 1. The van der Waals surface area contributed by atoms with Crippen LogP contribution in [0, 0.1) is 11.7 Å². The average molecular weight is 226 g/mol. The van der Waals surface area contributed by atoms with Crippen molar-refractivity contribution in [2.24, 2.45) is 5.92 Å². The van der Waals surface area contributed by atoms with Crippen molar-refractivity contribution in [3.63, 3.8) is 0 Å². The Hall–Kier alpha value is -1.16. The van der Waals surface area contributed by atoms with E-state index in [2.05, 4.69) is 24.1 Å². The van der Waals surface area contributed by atoms with Crippen LogP contribution < -0.4 is 5.32 Å². The summed E-state index contributed by atoms with van der Waals surface area (Å²) < 4.78 is 18.1. The quantitative estimate of drug-likeness (QED) is 0.809. The lowest BCUT2D eigenvalue weighted by atomic mass is 10.1. The van der Waals surface area contributed by atoms with Crippen LogP contribution in [0.25, 0.3) is 0 Å². The fraction of sp³-hybridized carbons (Fsp3) is 0.583. The van der Waals surface area contributed by atoms with Crippen LogP contribution >= 0.6 is 0 Å². The van der Waals surface area contributed by atoms with Gasteiger partial charge in [-0.3, -0.25) is 0 Å². The van der Waals surface area contributed by atoms with E-state index >= 15 is 0 Å². The van der Waals surface area contributed by atoms with E-state index in [0.717, 1.165) is 0 Å². The first-order chi connectivity index (χ1) is 7.63. The molecule has 3 nitrogen and oxygen atoms in total. The highest BCUT2D eigenvalue weighted by atomic mass is 19.1. The minimum absolute atomic E-state index is 0.193. The maximum Gasteiger partial charge on any atom is 0.141 e. The second-order valence-corrected chi connectivity index (χ2v) is 4.02. The van der Waals surface area contributed by atoms with Gasteiger partial charge in [-0.15, -0.1) is 0 Å². The van der Waals surface area contributed by atoms with Crippen molar-refractivity contribution in [2.75, 3.05) is 18.5 Å². The van der Waals surface area contributed by atoms with E-state index in [4.69, 9.17) is 4.74 Å². The van der Waals surface area contributed by atoms with E-state index in [-0.39, 0.29) is 11.9 Å². The van der Waals surface area contributed by atoms with Crippen LogP contribution in [0.15, 0.2) is 18.3 Å². The van der Waals surface area contributed by atoms with Crippen molar-refractivity contribution >= 4 is 5.82 Å². The summed E-state index contributed by atoms with van der Waals surface area (Å²) in [6.45, 7) is 7.52. The van der Waals surface area contributed by atoms with Crippen molar-refractivity contribution < 1.29 is 9.13 Å². The van der Waals surface area contributed by atoms with E-state index in [0.29, 0.717) is 24.9 Å². The molecule has 0 aromatic carbocycles. The Morgan fingerprint density at radius 2 is 2.19 bits per heavy atom. The van der Waals surface area contributed by atoms with Gasteiger partial charge in [0.1, 0.15) is 11.6 Å². The van der Waals surface area contributed by atoms with Gasteiger partial charge >= 0.3 is 0 Å². The number of halogens is 1. The first-order valence-corrected chi connectivity index (χ1v) is 5.59. The predicted molar refractivity (Wildman–Crippen MR) is 62.9 cm³/mol. The number of hydrogen-bond acceptors (Lipinski definition) is 3. The maximum absolute atomic E-state index is 12.7. The van der Waals surface area contributed by atoms with Crippen molar-refractivity contribution in [1.82, 2.24) is 4.98 Å². The monoisotopic (exact) mass is 226 g/mol. The summed E-state index contributed by atoms with van der Waals surface area (Å²) in [6, 6.07) is 3.22. The van der Waals surface area contributed by atoms with Crippen LogP contribution in [0.5, 0.6) is 0 Å². The van der Waals surface area contributed by atoms with Gasteiger partial charge in [-0.05, 0) is 25.0 Å². The number of nitrogens with one attached hydrogen (secondary N) is 1. The molecule has 1 atom stereocenters. The molecule has 1 rings (SSSR count). The summed E-state index contributed by atoms with van der Waals surface area (Å²) in [5.41, 5.74) is 0. The Morgan fingerprint density at radius 3 is 2.69 bits per heavy atom. The largest absolute Gasteiger partial charge is 0.380 e. The molecule has 0 radical (unpaired) electrons. The molecular formula is C12H19FN2O. The SMILES string of the molecule is CCOCC(Nc1ccc(F)cn1)C(C)C. The molecule has 1 N–H and O–H groups in total. The minimum atomic E-state index is -0.323. The summed E-state index contributed by atoms with van der Waals surface area (Å²) in [6.07, 6.45) is 1.21. The molecule has 0 saturated carbocycles. The number of pyridine rings is 1. The van der Waals surface area contributed by atoms with Crippen molar-refractivity contribution in [1.29, 1.82) is 0 Å². The molecule has 0 bridgehead atoms. The van der Waals surface area contributed by atoms with Gasteiger partial charge < -0.3 is 10.1 Å². The van der Waals surface area contributed by atoms with Crippen LogP contribution in [0.2, 0.25) is 0 Å². The van der Waals surface area contributed by atoms with E-state index in [1.807, 2.05) is 6.92 Å². The Kier molecular flexibility index (Phi) is 5.19. The molecule has 0 aliphatic heterocycles. The molecule has 0 saturated heterocycles. The molecule has 0 amide bonds. The molecule has 1 aromatic rings. The number of rotatable bonds is 6. The third-order valence-corrected chi connectivity index (χ3v) is 2.37. The zero-order valence-corrected chi connectivity index (χ0v) is 10.0. The van der Waals surface area contributed by atoms with Crippen LogP contribution in [-0.2, 0) is 4.74 Å². The highest BCUT2D eigenvalue weighted by molar-refractivity contribution is 5.35. The average Bonchev–Trinajstić information content (AvgIpc) is 2.26. The number of ether oxygens (including phenoxy) is 1. The standard InChI is InChI=1S/C12H19FN2O/c1-4-16-8-11(9(2)3)15-12-6-5-10(13)7-14-12/h5-7,9,11H,4,8H2,1-3H3,(H,14,15).